The number of amides is 1. The molecular weight excluding hydrogens is 388 g/mol. The van der Waals surface area contributed by atoms with Crippen molar-refractivity contribution in [1.29, 1.82) is 0 Å². The highest BCUT2D eigenvalue weighted by molar-refractivity contribution is 6.14. The molecule has 1 aliphatic carbocycles. The fourth-order valence-corrected chi connectivity index (χ4v) is 5.50. The highest BCUT2D eigenvalue weighted by Crippen LogP contribution is 2.51. The standard InChI is InChI=1S/C24H24N6O/c1-3-24(4-2)17-11-18-16(10-19(17)30(23(24)31)20-13-25-8-9-26-20)15-7-5-6-14-12-27-29-21(14)22(15)28-18/h8-13,28H,3-7H2,1-2H3,(H,27,29). The first-order valence-electron chi connectivity index (χ1n) is 11.0. The van der Waals surface area contributed by atoms with Crippen LogP contribution in [0.5, 0.6) is 0 Å². The molecule has 2 N–H and O–H groups in total. The van der Waals surface area contributed by atoms with Crippen molar-refractivity contribution in [1.82, 2.24) is 25.1 Å². The Labute approximate surface area is 179 Å². The lowest BCUT2D eigenvalue weighted by atomic mass is 9.76. The average molecular weight is 412 g/mol. The summed E-state index contributed by atoms with van der Waals surface area (Å²) >= 11 is 0. The second-order valence-electron chi connectivity index (χ2n) is 8.50. The highest BCUT2D eigenvalue weighted by atomic mass is 16.2. The molecular formula is C24H24N6O. The predicted octanol–water partition coefficient (Wildman–Crippen LogP) is 4.57. The zero-order valence-corrected chi connectivity index (χ0v) is 17.7. The molecule has 3 aromatic heterocycles. The van der Waals surface area contributed by atoms with Crippen molar-refractivity contribution in [2.45, 2.75) is 51.4 Å². The quantitative estimate of drug-likeness (QED) is 0.516. The van der Waals surface area contributed by atoms with Gasteiger partial charge in [0.25, 0.3) is 0 Å². The minimum absolute atomic E-state index is 0.0846. The molecule has 1 aliphatic heterocycles. The summed E-state index contributed by atoms with van der Waals surface area (Å²) in [6.07, 6.45) is 11.5. The smallest absolute Gasteiger partial charge is 0.243 e. The van der Waals surface area contributed by atoms with E-state index in [9.17, 15) is 4.79 Å². The number of nitrogens with one attached hydrogen (secondary N) is 2. The van der Waals surface area contributed by atoms with E-state index in [0.29, 0.717) is 5.82 Å². The summed E-state index contributed by atoms with van der Waals surface area (Å²) in [5, 5.41) is 8.72. The third-order valence-corrected chi connectivity index (χ3v) is 7.21. The zero-order valence-electron chi connectivity index (χ0n) is 17.7. The van der Waals surface area contributed by atoms with Gasteiger partial charge >= 0.3 is 0 Å². The summed E-state index contributed by atoms with van der Waals surface area (Å²) in [7, 11) is 0. The van der Waals surface area contributed by atoms with E-state index in [0.717, 1.165) is 65.6 Å². The van der Waals surface area contributed by atoms with Crippen LogP contribution in [0.3, 0.4) is 0 Å². The maximum absolute atomic E-state index is 13.8. The van der Waals surface area contributed by atoms with Gasteiger partial charge in [0.05, 0.1) is 23.0 Å². The third-order valence-electron chi connectivity index (χ3n) is 7.21. The first-order chi connectivity index (χ1) is 15.2. The van der Waals surface area contributed by atoms with Gasteiger partial charge in [0.2, 0.25) is 5.91 Å². The first kappa shape index (κ1) is 18.3. The van der Waals surface area contributed by atoms with E-state index in [2.05, 4.69) is 51.1 Å². The molecule has 0 fully saturated rings. The number of benzene rings is 1. The largest absolute Gasteiger partial charge is 0.353 e. The van der Waals surface area contributed by atoms with Crippen molar-refractivity contribution in [2.75, 3.05) is 4.90 Å². The van der Waals surface area contributed by atoms with Crippen LogP contribution in [-0.4, -0.2) is 31.1 Å². The van der Waals surface area contributed by atoms with Gasteiger partial charge in [-0.15, -0.1) is 0 Å². The fourth-order valence-electron chi connectivity index (χ4n) is 5.50. The molecule has 31 heavy (non-hydrogen) atoms. The van der Waals surface area contributed by atoms with Crippen molar-refractivity contribution < 1.29 is 4.79 Å². The lowest BCUT2D eigenvalue weighted by molar-refractivity contribution is -0.122. The maximum Gasteiger partial charge on any atom is 0.243 e. The van der Waals surface area contributed by atoms with E-state index in [1.54, 1.807) is 23.5 Å². The molecule has 4 heterocycles. The number of anilines is 2. The van der Waals surface area contributed by atoms with Crippen LogP contribution >= 0.6 is 0 Å². The third kappa shape index (κ3) is 2.34. The number of carbonyl (C=O) groups is 1. The molecule has 1 amide bonds. The minimum Gasteiger partial charge on any atom is -0.353 e. The lowest BCUT2D eigenvalue weighted by Gasteiger charge is -2.25. The lowest BCUT2D eigenvalue weighted by Crippen LogP contribution is -2.37. The zero-order chi connectivity index (χ0) is 21.2. The molecule has 7 heteroatoms. The van der Waals surface area contributed by atoms with Crippen LogP contribution in [0.25, 0.3) is 22.3 Å². The number of aromatic amines is 2. The van der Waals surface area contributed by atoms with Gasteiger partial charge in [0.1, 0.15) is 5.69 Å². The summed E-state index contributed by atoms with van der Waals surface area (Å²) in [4.78, 5) is 27.8. The van der Waals surface area contributed by atoms with Gasteiger partial charge < -0.3 is 4.98 Å². The van der Waals surface area contributed by atoms with Crippen LogP contribution < -0.4 is 4.90 Å². The van der Waals surface area contributed by atoms with E-state index in [4.69, 9.17) is 0 Å². The molecule has 4 aromatic rings. The Morgan fingerprint density at radius 1 is 1.16 bits per heavy atom. The van der Waals surface area contributed by atoms with Crippen molar-refractivity contribution in [3.63, 3.8) is 0 Å². The van der Waals surface area contributed by atoms with Gasteiger partial charge in [-0.3, -0.25) is 19.8 Å². The van der Waals surface area contributed by atoms with E-state index in [-0.39, 0.29) is 5.91 Å². The number of nitrogens with zero attached hydrogens (tertiary/aromatic N) is 4. The molecule has 0 radical (unpaired) electrons. The van der Waals surface area contributed by atoms with Crippen molar-refractivity contribution in [2.24, 2.45) is 0 Å². The molecule has 156 valence electrons. The van der Waals surface area contributed by atoms with Crippen molar-refractivity contribution >= 4 is 28.3 Å². The van der Waals surface area contributed by atoms with Crippen molar-refractivity contribution in [3.8, 4) is 11.4 Å². The summed E-state index contributed by atoms with van der Waals surface area (Å²) in [5.41, 5.74) is 7.16. The summed E-state index contributed by atoms with van der Waals surface area (Å²) < 4.78 is 0. The Hall–Kier alpha value is -3.48. The van der Waals surface area contributed by atoms with Gasteiger partial charge in [-0.25, -0.2) is 4.98 Å². The molecule has 2 aliphatic rings. The predicted molar refractivity (Wildman–Crippen MR) is 119 cm³/mol. The summed E-state index contributed by atoms with van der Waals surface area (Å²) in [5.74, 6) is 0.661. The van der Waals surface area contributed by atoms with Crippen LogP contribution in [0.15, 0.2) is 36.9 Å². The summed E-state index contributed by atoms with van der Waals surface area (Å²) in [6, 6.07) is 4.37. The molecule has 0 saturated carbocycles. The SMILES string of the molecule is CCC1(CC)C(=O)N(c2cnccn2)c2cc3c4c([nH]c3cc21)-c1n[nH]cc1CCC4. The molecule has 0 saturated heterocycles. The van der Waals surface area contributed by atoms with E-state index in [1.807, 2.05) is 6.20 Å². The van der Waals surface area contributed by atoms with Gasteiger partial charge in [-0.2, -0.15) is 5.10 Å². The Balaban J connectivity index is 1.64. The van der Waals surface area contributed by atoms with Crippen LogP contribution in [0.4, 0.5) is 11.5 Å². The second kappa shape index (κ2) is 6.51. The van der Waals surface area contributed by atoms with Crippen LogP contribution in [-0.2, 0) is 23.1 Å². The number of aromatic nitrogens is 5. The van der Waals surface area contributed by atoms with Crippen LogP contribution in [0, 0.1) is 0 Å². The van der Waals surface area contributed by atoms with Gasteiger partial charge in [0.15, 0.2) is 5.82 Å². The molecule has 0 spiro atoms. The number of hydrogen-bond donors (Lipinski definition) is 2. The van der Waals surface area contributed by atoms with Crippen LogP contribution in [0.1, 0.15) is 49.8 Å². The van der Waals surface area contributed by atoms with E-state index >= 15 is 0 Å². The molecule has 6 rings (SSSR count). The number of fused-ring (bicyclic) bond motifs is 6. The highest BCUT2D eigenvalue weighted by Gasteiger charge is 2.49. The topological polar surface area (TPSA) is 90.6 Å². The van der Waals surface area contributed by atoms with E-state index < -0.39 is 5.41 Å². The second-order valence-corrected chi connectivity index (χ2v) is 8.50. The van der Waals surface area contributed by atoms with Gasteiger partial charge in [-0.1, -0.05) is 13.8 Å². The molecule has 0 unspecified atom stereocenters. The number of rotatable bonds is 3. The Morgan fingerprint density at radius 2 is 2.03 bits per heavy atom. The normalized spacial score (nSPS) is 16.8. The Morgan fingerprint density at radius 3 is 2.81 bits per heavy atom. The Bertz CT molecular complexity index is 1310. The molecule has 0 bridgehead atoms. The molecule has 0 atom stereocenters. The molecule has 7 nitrogen and oxygen atoms in total. The number of aryl methyl sites for hydroxylation is 2. The minimum atomic E-state index is -0.555. The van der Waals surface area contributed by atoms with E-state index in [1.165, 1.54) is 11.1 Å². The number of hydrogen-bond acceptors (Lipinski definition) is 4. The van der Waals surface area contributed by atoms with Gasteiger partial charge in [-0.05, 0) is 60.9 Å². The number of carbonyl (C=O) groups excluding carboxylic acids is 1. The first-order valence-corrected chi connectivity index (χ1v) is 11.0. The summed E-state index contributed by atoms with van der Waals surface area (Å²) in [6.45, 7) is 4.19. The van der Waals surface area contributed by atoms with Gasteiger partial charge in [0, 0.05) is 29.5 Å². The Kier molecular flexibility index (Phi) is 3.84. The monoisotopic (exact) mass is 412 g/mol. The van der Waals surface area contributed by atoms with Crippen LogP contribution in [0.2, 0.25) is 0 Å². The fraction of sp³-hybridized carbons (Fsp3) is 0.333. The average Bonchev–Trinajstić information content (AvgIpc) is 3.43. The maximum atomic E-state index is 13.8. The molecule has 1 aromatic carbocycles. The number of H-pyrrole nitrogens is 2. The van der Waals surface area contributed by atoms with Crippen molar-refractivity contribution in [3.05, 3.63) is 53.6 Å².